The van der Waals surface area contributed by atoms with Crippen molar-refractivity contribution in [3.05, 3.63) is 81.2 Å². The van der Waals surface area contributed by atoms with Crippen LogP contribution in [0.25, 0.3) is 22.2 Å². The molecule has 5 rings (SSSR count). The molecule has 0 bridgehead atoms. The van der Waals surface area contributed by atoms with Crippen molar-refractivity contribution in [1.29, 1.82) is 0 Å². The maximum Gasteiger partial charge on any atom is 0.257 e. The summed E-state index contributed by atoms with van der Waals surface area (Å²) in [6, 6.07) is 16.8. The van der Waals surface area contributed by atoms with Crippen LogP contribution in [0, 0.1) is 5.92 Å². The summed E-state index contributed by atoms with van der Waals surface area (Å²) >= 11 is 7.72. The minimum Gasteiger partial charge on any atom is -0.365 e. The van der Waals surface area contributed by atoms with Crippen LogP contribution in [-0.2, 0) is 12.8 Å². The highest BCUT2D eigenvalue weighted by Gasteiger charge is 2.28. The van der Waals surface area contributed by atoms with E-state index in [1.807, 2.05) is 36.4 Å². The summed E-state index contributed by atoms with van der Waals surface area (Å²) in [4.78, 5) is 31.9. The predicted molar refractivity (Wildman–Crippen MR) is 139 cm³/mol. The Bertz CT molecular complexity index is 1410. The number of hydrogen-bond acceptors (Lipinski definition) is 4. The van der Waals surface area contributed by atoms with Gasteiger partial charge >= 0.3 is 0 Å². The number of hydrogen-bond donors (Lipinski definition) is 2. The number of carbonyl (C=O) groups is 2. The molecule has 1 unspecified atom stereocenters. The summed E-state index contributed by atoms with van der Waals surface area (Å²) in [7, 11) is 0. The topological polar surface area (TPSA) is 85.1 Å². The third kappa shape index (κ3) is 4.19. The Labute approximate surface area is 207 Å². The van der Waals surface area contributed by atoms with Gasteiger partial charge in [-0.2, -0.15) is 0 Å². The highest BCUT2D eigenvalue weighted by Crippen LogP contribution is 2.40. The largest absolute Gasteiger partial charge is 0.365 e. The van der Waals surface area contributed by atoms with Crippen LogP contribution in [0.3, 0.4) is 0 Å². The molecule has 1 atom stereocenters. The maximum atomic E-state index is 13.6. The molecule has 0 saturated carbocycles. The zero-order valence-electron chi connectivity index (χ0n) is 18.7. The third-order valence-corrected chi connectivity index (χ3v) is 7.91. The summed E-state index contributed by atoms with van der Waals surface area (Å²) < 4.78 is 0. The maximum absolute atomic E-state index is 13.6. The molecule has 1 aliphatic carbocycles. The SMILES string of the molecule is CCC1CCc2c(sc(NC(=O)c3cc(-c4ccccc4)nc4ccc(Cl)cc34)c2C(N)=O)C1. The van der Waals surface area contributed by atoms with Gasteiger partial charge < -0.3 is 11.1 Å². The lowest BCUT2D eigenvalue weighted by atomic mass is 9.85. The molecule has 7 heteroatoms. The number of fused-ring (bicyclic) bond motifs is 2. The van der Waals surface area contributed by atoms with Gasteiger partial charge in [-0.25, -0.2) is 4.98 Å². The number of primary amides is 1. The second kappa shape index (κ2) is 9.20. The number of rotatable bonds is 5. The van der Waals surface area contributed by atoms with Crippen LogP contribution in [0.1, 0.15) is 50.9 Å². The molecule has 0 spiro atoms. The second-order valence-corrected chi connectivity index (χ2v) is 10.2. The van der Waals surface area contributed by atoms with Crippen LogP contribution < -0.4 is 11.1 Å². The first-order chi connectivity index (χ1) is 16.4. The van der Waals surface area contributed by atoms with E-state index in [1.165, 1.54) is 11.3 Å². The van der Waals surface area contributed by atoms with Gasteiger partial charge in [-0.3, -0.25) is 9.59 Å². The van der Waals surface area contributed by atoms with Gasteiger partial charge in [0.05, 0.1) is 22.3 Å². The fourth-order valence-corrected chi connectivity index (χ4v) is 6.20. The normalized spacial score (nSPS) is 15.2. The molecule has 0 saturated heterocycles. The number of nitrogens with one attached hydrogen (secondary N) is 1. The molecule has 2 heterocycles. The standard InChI is InChI=1S/C27H24ClN3O2S/c1-2-15-8-10-18-23(12-15)34-27(24(18)25(29)32)31-26(33)20-14-22(16-6-4-3-5-7-16)30-21-11-9-17(28)13-19(20)21/h3-7,9,11,13-15H,2,8,10,12H2,1H3,(H2,29,32)(H,31,33). The highest BCUT2D eigenvalue weighted by atomic mass is 35.5. The molecule has 2 aromatic heterocycles. The molecular weight excluding hydrogens is 466 g/mol. The Hall–Kier alpha value is -3.22. The van der Waals surface area contributed by atoms with E-state index in [4.69, 9.17) is 22.3 Å². The van der Waals surface area contributed by atoms with E-state index in [0.717, 1.165) is 41.7 Å². The number of benzene rings is 2. The van der Waals surface area contributed by atoms with E-state index in [2.05, 4.69) is 12.2 Å². The predicted octanol–water partition coefficient (Wildman–Crippen LogP) is 6.48. The van der Waals surface area contributed by atoms with E-state index < -0.39 is 5.91 Å². The first-order valence-corrected chi connectivity index (χ1v) is 12.6. The van der Waals surface area contributed by atoms with Crippen LogP contribution in [0.15, 0.2) is 54.6 Å². The molecule has 4 aromatic rings. The molecule has 172 valence electrons. The molecule has 34 heavy (non-hydrogen) atoms. The summed E-state index contributed by atoms with van der Waals surface area (Å²) in [6.07, 6.45) is 3.85. The Morgan fingerprint density at radius 2 is 1.97 bits per heavy atom. The first kappa shape index (κ1) is 22.6. The molecule has 0 aliphatic heterocycles. The Kier molecular flexibility index (Phi) is 6.11. The van der Waals surface area contributed by atoms with Crippen molar-refractivity contribution in [3.8, 4) is 11.3 Å². The van der Waals surface area contributed by atoms with Gasteiger partial charge in [-0.15, -0.1) is 11.3 Å². The zero-order chi connectivity index (χ0) is 23.8. The van der Waals surface area contributed by atoms with E-state index in [9.17, 15) is 9.59 Å². The number of carbonyl (C=O) groups excluding carboxylic acids is 2. The summed E-state index contributed by atoms with van der Waals surface area (Å²) in [5.74, 6) is -0.231. The highest BCUT2D eigenvalue weighted by molar-refractivity contribution is 7.17. The van der Waals surface area contributed by atoms with Gasteiger partial charge in [0.2, 0.25) is 0 Å². The number of aromatic nitrogens is 1. The zero-order valence-corrected chi connectivity index (χ0v) is 20.3. The van der Waals surface area contributed by atoms with Gasteiger partial charge in [-0.05, 0) is 55.0 Å². The number of nitrogens with two attached hydrogens (primary N) is 1. The number of thiophene rings is 1. The lowest BCUT2D eigenvalue weighted by Crippen LogP contribution is -2.20. The van der Waals surface area contributed by atoms with E-state index in [-0.39, 0.29) is 5.91 Å². The van der Waals surface area contributed by atoms with Crippen LogP contribution in [0.5, 0.6) is 0 Å². The molecule has 0 radical (unpaired) electrons. The second-order valence-electron chi connectivity index (χ2n) is 8.63. The lowest BCUT2D eigenvalue weighted by Gasteiger charge is -2.20. The molecule has 0 fully saturated rings. The Balaban J connectivity index is 1.59. The molecular formula is C27H24ClN3O2S. The van der Waals surface area contributed by atoms with Crippen LogP contribution >= 0.6 is 22.9 Å². The molecule has 5 nitrogen and oxygen atoms in total. The van der Waals surface area contributed by atoms with Gasteiger partial charge in [0.25, 0.3) is 11.8 Å². The van der Waals surface area contributed by atoms with E-state index in [1.54, 1.807) is 18.2 Å². The van der Waals surface area contributed by atoms with Crippen molar-refractivity contribution in [3.63, 3.8) is 0 Å². The van der Waals surface area contributed by atoms with Gasteiger partial charge in [-0.1, -0.05) is 55.3 Å². The van der Waals surface area contributed by atoms with Crippen molar-refractivity contribution in [2.45, 2.75) is 32.6 Å². The molecule has 1 aliphatic rings. The van der Waals surface area contributed by atoms with E-state index >= 15 is 0 Å². The number of anilines is 1. The van der Waals surface area contributed by atoms with Crippen molar-refractivity contribution in [2.75, 3.05) is 5.32 Å². The summed E-state index contributed by atoms with van der Waals surface area (Å²) in [5.41, 5.74) is 9.91. The van der Waals surface area contributed by atoms with Crippen molar-refractivity contribution in [2.24, 2.45) is 11.7 Å². The lowest BCUT2D eigenvalue weighted by molar-refractivity contribution is 0.1000. The average Bonchev–Trinajstić information content (AvgIpc) is 3.20. The molecule has 2 aromatic carbocycles. The average molecular weight is 490 g/mol. The van der Waals surface area contributed by atoms with Gasteiger partial charge in [0, 0.05) is 20.8 Å². The third-order valence-electron chi connectivity index (χ3n) is 6.50. The Morgan fingerprint density at radius 1 is 1.18 bits per heavy atom. The van der Waals surface area contributed by atoms with Gasteiger partial charge in [0.15, 0.2) is 0 Å². The number of pyridine rings is 1. The van der Waals surface area contributed by atoms with Crippen molar-refractivity contribution < 1.29 is 9.59 Å². The number of nitrogens with zero attached hydrogens (tertiary/aromatic N) is 1. The summed E-state index contributed by atoms with van der Waals surface area (Å²) in [6.45, 7) is 2.19. The fourth-order valence-electron chi connectivity index (χ4n) is 4.66. The fraction of sp³-hybridized carbons (Fsp3) is 0.222. The number of amides is 2. The van der Waals surface area contributed by atoms with Crippen LogP contribution in [0.2, 0.25) is 5.02 Å². The molecule has 2 amide bonds. The van der Waals surface area contributed by atoms with Crippen molar-refractivity contribution >= 4 is 50.7 Å². The molecule has 3 N–H and O–H groups in total. The monoisotopic (exact) mass is 489 g/mol. The summed E-state index contributed by atoms with van der Waals surface area (Å²) in [5, 5.41) is 4.69. The first-order valence-electron chi connectivity index (χ1n) is 11.4. The number of halogens is 1. The van der Waals surface area contributed by atoms with Crippen LogP contribution in [0.4, 0.5) is 5.00 Å². The van der Waals surface area contributed by atoms with Gasteiger partial charge in [0.1, 0.15) is 5.00 Å². The van der Waals surface area contributed by atoms with Crippen molar-refractivity contribution in [1.82, 2.24) is 4.98 Å². The smallest absolute Gasteiger partial charge is 0.257 e. The minimum absolute atomic E-state index is 0.319. The van der Waals surface area contributed by atoms with Crippen LogP contribution in [-0.4, -0.2) is 16.8 Å². The quantitative estimate of drug-likeness (QED) is 0.336. The Morgan fingerprint density at radius 3 is 2.71 bits per heavy atom. The van der Waals surface area contributed by atoms with E-state index in [0.29, 0.717) is 43.7 Å². The minimum atomic E-state index is -0.504.